The van der Waals surface area contributed by atoms with Crippen molar-refractivity contribution in [2.45, 2.75) is 25.8 Å². The van der Waals surface area contributed by atoms with Crippen LogP contribution in [0.4, 0.5) is 5.69 Å². The maximum absolute atomic E-state index is 12.1. The molecule has 0 aliphatic heterocycles. The van der Waals surface area contributed by atoms with Gasteiger partial charge in [0.25, 0.3) is 5.69 Å². The molecular weight excluding hydrogens is 324 g/mol. The third kappa shape index (κ3) is 5.13. The van der Waals surface area contributed by atoms with Crippen LogP contribution in [0.1, 0.15) is 16.7 Å². The van der Waals surface area contributed by atoms with Gasteiger partial charge in [0.2, 0.25) is 5.91 Å². The molecule has 0 fully saturated rings. The molecule has 130 valence electrons. The number of hydrogen-bond donors (Lipinski definition) is 2. The molecule has 2 N–H and O–H groups in total. The highest BCUT2D eigenvalue weighted by molar-refractivity contribution is 5.85. The lowest BCUT2D eigenvalue weighted by molar-refractivity contribution is -0.384. The zero-order valence-electron chi connectivity index (χ0n) is 13.6. The lowest BCUT2D eigenvalue weighted by Gasteiger charge is -2.16. The Morgan fingerprint density at radius 1 is 1.20 bits per heavy atom. The lowest BCUT2D eigenvalue weighted by atomic mass is 10.0. The summed E-state index contributed by atoms with van der Waals surface area (Å²) >= 11 is 0. The number of hydrogen-bond acceptors (Lipinski definition) is 4. The second-order valence-electron chi connectivity index (χ2n) is 5.69. The van der Waals surface area contributed by atoms with E-state index in [4.69, 9.17) is 0 Å². The number of nitrogens with zero attached hydrogens (tertiary/aromatic N) is 1. The molecule has 0 aromatic heterocycles. The third-order valence-corrected chi connectivity index (χ3v) is 3.80. The first-order chi connectivity index (χ1) is 11.9. The van der Waals surface area contributed by atoms with Crippen molar-refractivity contribution in [3.63, 3.8) is 0 Å². The van der Waals surface area contributed by atoms with Gasteiger partial charge in [-0.15, -0.1) is 0 Å². The molecule has 0 unspecified atom stereocenters. The largest absolute Gasteiger partial charge is 0.480 e. The molecular formula is C18H18N2O5. The molecule has 1 atom stereocenters. The number of non-ortho nitro benzene ring substituents is 1. The number of aryl methyl sites for hydroxylation is 1. The molecule has 0 spiro atoms. The highest BCUT2D eigenvalue weighted by atomic mass is 16.6. The summed E-state index contributed by atoms with van der Waals surface area (Å²) in [6.07, 6.45) is 0.0436. The Labute approximate surface area is 144 Å². The van der Waals surface area contributed by atoms with Crippen LogP contribution in [0.2, 0.25) is 0 Å². The van der Waals surface area contributed by atoms with E-state index in [0.29, 0.717) is 5.56 Å². The minimum absolute atomic E-state index is 0.111. The van der Waals surface area contributed by atoms with Crippen LogP contribution in [0.25, 0.3) is 0 Å². The Kier molecular flexibility index (Phi) is 5.84. The number of carbonyl (C=O) groups excluding carboxylic acids is 1. The fraction of sp³-hybridized carbons (Fsp3) is 0.222. The SMILES string of the molecule is Cc1ccccc1C[C@H](NC(=O)Cc1cccc([N+](=O)[O-])c1)C(=O)O. The summed E-state index contributed by atoms with van der Waals surface area (Å²) < 4.78 is 0. The molecule has 0 radical (unpaired) electrons. The van der Waals surface area contributed by atoms with Crippen LogP contribution >= 0.6 is 0 Å². The normalized spacial score (nSPS) is 11.6. The van der Waals surface area contributed by atoms with Crippen LogP contribution in [0.3, 0.4) is 0 Å². The predicted molar refractivity (Wildman–Crippen MR) is 91.2 cm³/mol. The average molecular weight is 342 g/mol. The molecule has 0 aliphatic rings. The number of carboxylic acid groups (broad SMARTS) is 1. The van der Waals surface area contributed by atoms with E-state index in [1.807, 2.05) is 31.2 Å². The van der Waals surface area contributed by atoms with Crippen LogP contribution in [0.15, 0.2) is 48.5 Å². The first-order valence-electron chi connectivity index (χ1n) is 7.67. The summed E-state index contributed by atoms with van der Waals surface area (Å²) in [6, 6.07) is 12.0. The minimum Gasteiger partial charge on any atom is -0.480 e. The Morgan fingerprint density at radius 2 is 1.92 bits per heavy atom. The fourth-order valence-electron chi connectivity index (χ4n) is 2.47. The van der Waals surface area contributed by atoms with Gasteiger partial charge in [0.1, 0.15) is 6.04 Å². The first kappa shape index (κ1) is 18.1. The van der Waals surface area contributed by atoms with Gasteiger partial charge in [0, 0.05) is 18.6 Å². The van der Waals surface area contributed by atoms with Crippen molar-refractivity contribution >= 4 is 17.6 Å². The van der Waals surface area contributed by atoms with Crippen molar-refractivity contribution in [3.05, 3.63) is 75.3 Å². The average Bonchev–Trinajstić information content (AvgIpc) is 2.56. The monoisotopic (exact) mass is 342 g/mol. The van der Waals surface area contributed by atoms with Gasteiger partial charge in [-0.2, -0.15) is 0 Å². The number of rotatable bonds is 7. The van der Waals surface area contributed by atoms with Crippen LogP contribution in [-0.4, -0.2) is 27.9 Å². The van der Waals surface area contributed by atoms with Gasteiger partial charge in [-0.25, -0.2) is 4.79 Å². The summed E-state index contributed by atoms with van der Waals surface area (Å²) in [4.78, 5) is 33.8. The second-order valence-corrected chi connectivity index (χ2v) is 5.69. The quantitative estimate of drug-likeness (QED) is 0.592. The fourth-order valence-corrected chi connectivity index (χ4v) is 2.47. The highest BCUT2D eigenvalue weighted by Crippen LogP contribution is 2.14. The minimum atomic E-state index is -1.13. The molecule has 2 rings (SSSR count). The van der Waals surface area contributed by atoms with E-state index in [1.54, 1.807) is 6.07 Å². The van der Waals surface area contributed by atoms with Gasteiger partial charge in [-0.05, 0) is 23.6 Å². The highest BCUT2D eigenvalue weighted by Gasteiger charge is 2.21. The number of carbonyl (C=O) groups is 2. The van der Waals surface area contributed by atoms with Crippen molar-refractivity contribution < 1.29 is 19.6 Å². The zero-order valence-corrected chi connectivity index (χ0v) is 13.6. The van der Waals surface area contributed by atoms with E-state index in [0.717, 1.165) is 11.1 Å². The van der Waals surface area contributed by atoms with Gasteiger partial charge in [0.05, 0.1) is 11.3 Å². The van der Waals surface area contributed by atoms with Gasteiger partial charge in [-0.3, -0.25) is 14.9 Å². The van der Waals surface area contributed by atoms with E-state index >= 15 is 0 Å². The standard InChI is InChI=1S/C18H18N2O5/c1-12-5-2-3-7-14(12)11-16(18(22)23)19-17(21)10-13-6-4-8-15(9-13)20(24)25/h2-9,16H,10-11H2,1H3,(H,19,21)(H,22,23)/t16-/m0/s1. The van der Waals surface area contributed by atoms with Gasteiger partial charge >= 0.3 is 5.97 Å². The molecule has 2 aromatic rings. The van der Waals surface area contributed by atoms with Crippen molar-refractivity contribution in [2.24, 2.45) is 0 Å². The Balaban J connectivity index is 2.05. The molecule has 0 saturated heterocycles. The zero-order chi connectivity index (χ0) is 18.4. The molecule has 7 nitrogen and oxygen atoms in total. The van der Waals surface area contributed by atoms with Gasteiger partial charge in [0.15, 0.2) is 0 Å². The summed E-state index contributed by atoms with van der Waals surface area (Å²) in [7, 11) is 0. The number of nitro groups is 1. The molecule has 7 heteroatoms. The van der Waals surface area contributed by atoms with Crippen molar-refractivity contribution in [3.8, 4) is 0 Å². The van der Waals surface area contributed by atoms with Crippen molar-refractivity contribution in [1.82, 2.24) is 5.32 Å². The number of amides is 1. The van der Waals surface area contributed by atoms with E-state index in [2.05, 4.69) is 5.32 Å². The van der Waals surface area contributed by atoms with Crippen molar-refractivity contribution in [2.75, 3.05) is 0 Å². The Hall–Kier alpha value is -3.22. The number of benzene rings is 2. The van der Waals surface area contributed by atoms with Gasteiger partial charge < -0.3 is 10.4 Å². The molecule has 0 heterocycles. The molecule has 0 saturated carbocycles. The maximum Gasteiger partial charge on any atom is 0.326 e. The molecule has 1 amide bonds. The molecule has 0 bridgehead atoms. The summed E-state index contributed by atoms with van der Waals surface area (Å²) in [5.74, 6) is -1.63. The third-order valence-electron chi connectivity index (χ3n) is 3.80. The first-order valence-corrected chi connectivity index (χ1v) is 7.67. The van der Waals surface area contributed by atoms with E-state index in [9.17, 15) is 24.8 Å². The summed E-state index contributed by atoms with van der Waals surface area (Å²) in [5, 5.41) is 22.6. The number of nitrogens with one attached hydrogen (secondary N) is 1. The van der Waals surface area contributed by atoms with Gasteiger partial charge in [-0.1, -0.05) is 36.4 Å². The predicted octanol–water partition coefficient (Wildman–Crippen LogP) is 2.26. The van der Waals surface area contributed by atoms with Crippen LogP contribution in [-0.2, 0) is 22.4 Å². The van der Waals surface area contributed by atoms with Crippen LogP contribution < -0.4 is 5.32 Å². The molecule has 0 aliphatic carbocycles. The van der Waals surface area contributed by atoms with E-state index in [1.165, 1.54) is 18.2 Å². The molecule has 2 aromatic carbocycles. The van der Waals surface area contributed by atoms with Crippen molar-refractivity contribution in [1.29, 1.82) is 0 Å². The second kappa shape index (κ2) is 8.05. The number of nitro benzene ring substituents is 1. The van der Waals surface area contributed by atoms with E-state index in [-0.39, 0.29) is 18.5 Å². The van der Waals surface area contributed by atoms with E-state index < -0.39 is 22.8 Å². The van der Waals surface area contributed by atoms with Crippen LogP contribution in [0, 0.1) is 17.0 Å². The van der Waals surface area contributed by atoms with Crippen LogP contribution in [0.5, 0.6) is 0 Å². The Bertz CT molecular complexity index is 804. The maximum atomic E-state index is 12.1. The summed E-state index contributed by atoms with van der Waals surface area (Å²) in [5.41, 5.74) is 2.12. The summed E-state index contributed by atoms with van der Waals surface area (Å²) in [6.45, 7) is 1.87. The smallest absolute Gasteiger partial charge is 0.326 e. The number of aliphatic carboxylic acids is 1. The number of carboxylic acids is 1. The Morgan fingerprint density at radius 3 is 2.56 bits per heavy atom. The molecule has 25 heavy (non-hydrogen) atoms. The topological polar surface area (TPSA) is 110 Å². The lowest BCUT2D eigenvalue weighted by Crippen LogP contribution is -2.43.